The number of rotatable bonds is 5. The van der Waals surface area contributed by atoms with Crippen LogP contribution in [0.2, 0.25) is 0 Å². The van der Waals surface area contributed by atoms with Gasteiger partial charge in [0, 0.05) is 38.4 Å². The molecule has 0 aliphatic carbocycles. The Morgan fingerprint density at radius 1 is 1.24 bits per heavy atom. The van der Waals surface area contributed by atoms with Gasteiger partial charge < -0.3 is 19.2 Å². The molecular formula is C18H21N5O2. The van der Waals surface area contributed by atoms with Crippen molar-refractivity contribution in [1.29, 1.82) is 0 Å². The lowest BCUT2D eigenvalue weighted by Gasteiger charge is -2.26. The van der Waals surface area contributed by atoms with Gasteiger partial charge in [0.25, 0.3) is 0 Å². The topological polar surface area (TPSA) is 76.0 Å². The predicted octanol–water partition coefficient (Wildman–Crippen LogP) is 2.07. The summed E-state index contributed by atoms with van der Waals surface area (Å²) in [7, 11) is 0. The fourth-order valence-corrected chi connectivity index (χ4v) is 3.14. The molecule has 0 unspecified atom stereocenters. The molecule has 3 heterocycles. The molecule has 1 N–H and O–H groups in total. The lowest BCUT2D eigenvalue weighted by Crippen LogP contribution is -2.40. The van der Waals surface area contributed by atoms with Gasteiger partial charge >= 0.3 is 0 Å². The minimum atomic E-state index is 0.203. The number of morpholine rings is 1. The number of aromatic amines is 1. The van der Waals surface area contributed by atoms with Gasteiger partial charge in [-0.3, -0.25) is 4.79 Å². The summed E-state index contributed by atoms with van der Waals surface area (Å²) in [5.74, 6) is 1.76. The van der Waals surface area contributed by atoms with Gasteiger partial charge in [0.2, 0.25) is 5.91 Å². The normalized spacial score (nSPS) is 15.0. The number of benzene rings is 1. The van der Waals surface area contributed by atoms with Crippen LogP contribution in [-0.2, 0) is 16.1 Å². The molecule has 7 nitrogen and oxygen atoms in total. The van der Waals surface area contributed by atoms with Crippen molar-refractivity contribution in [3.8, 4) is 11.6 Å². The van der Waals surface area contributed by atoms with Crippen LogP contribution in [0.4, 0.5) is 0 Å². The van der Waals surface area contributed by atoms with Crippen molar-refractivity contribution in [3.05, 3.63) is 36.7 Å². The van der Waals surface area contributed by atoms with Gasteiger partial charge in [-0.1, -0.05) is 12.1 Å². The zero-order valence-electron chi connectivity index (χ0n) is 14.0. The molecule has 1 aliphatic rings. The number of ether oxygens (including phenoxy) is 1. The quantitative estimate of drug-likeness (QED) is 0.772. The monoisotopic (exact) mass is 339 g/mol. The number of hydrogen-bond donors (Lipinski definition) is 1. The number of fused-ring (bicyclic) bond motifs is 1. The van der Waals surface area contributed by atoms with Crippen molar-refractivity contribution in [2.45, 2.75) is 19.4 Å². The van der Waals surface area contributed by atoms with E-state index in [1.54, 1.807) is 6.20 Å². The highest BCUT2D eigenvalue weighted by Crippen LogP contribution is 2.19. The van der Waals surface area contributed by atoms with E-state index in [4.69, 9.17) is 4.74 Å². The largest absolute Gasteiger partial charge is 0.378 e. The molecule has 1 saturated heterocycles. The summed E-state index contributed by atoms with van der Waals surface area (Å²) in [5, 5.41) is 0. The molecule has 1 amide bonds. The van der Waals surface area contributed by atoms with Crippen molar-refractivity contribution < 1.29 is 9.53 Å². The fourth-order valence-electron chi connectivity index (χ4n) is 3.14. The summed E-state index contributed by atoms with van der Waals surface area (Å²) in [4.78, 5) is 26.4. The van der Waals surface area contributed by atoms with Gasteiger partial charge in [-0.05, 0) is 18.6 Å². The minimum Gasteiger partial charge on any atom is -0.378 e. The lowest BCUT2D eigenvalue weighted by molar-refractivity contribution is -0.135. The number of H-pyrrole nitrogens is 1. The summed E-state index contributed by atoms with van der Waals surface area (Å²) in [6, 6.07) is 7.93. The van der Waals surface area contributed by atoms with Crippen LogP contribution in [-0.4, -0.2) is 56.6 Å². The van der Waals surface area contributed by atoms with Crippen LogP contribution in [0.5, 0.6) is 0 Å². The SMILES string of the molecule is O=C(CCCn1ccnc1-c1nc2ccccc2[nH]1)N1CCOCC1. The molecule has 3 aromatic rings. The van der Waals surface area contributed by atoms with E-state index >= 15 is 0 Å². The predicted molar refractivity (Wildman–Crippen MR) is 93.9 cm³/mol. The second-order valence-corrected chi connectivity index (χ2v) is 6.14. The standard InChI is InChI=1S/C18H21N5O2/c24-16(22-10-12-25-13-11-22)6-3-8-23-9-7-19-18(23)17-20-14-4-1-2-5-15(14)21-17/h1-2,4-5,7,9H,3,6,8,10-13H2,(H,20,21). The third kappa shape index (κ3) is 3.41. The maximum Gasteiger partial charge on any atom is 0.222 e. The summed E-state index contributed by atoms with van der Waals surface area (Å²) < 4.78 is 7.33. The number of nitrogens with zero attached hydrogens (tertiary/aromatic N) is 4. The van der Waals surface area contributed by atoms with Crippen molar-refractivity contribution in [2.24, 2.45) is 0 Å². The molecule has 0 bridgehead atoms. The van der Waals surface area contributed by atoms with Crippen LogP contribution in [0.3, 0.4) is 0 Å². The number of carbonyl (C=O) groups is 1. The van der Waals surface area contributed by atoms with Gasteiger partial charge in [0.1, 0.15) is 0 Å². The highest BCUT2D eigenvalue weighted by molar-refractivity contribution is 5.78. The number of aromatic nitrogens is 4. The van der Waals surface area contributed by atoms with Gasteiger partial charge in [0.15, 0.2) is 11.6 Å². The summed E-state index contributed by atoms with van der Waals surface area (Å²) in [5.41, 5.74) is 1.92. The number of carbonyl (C=O) groups excluding carboxylic acids is 1. The van der Waals surface area contributed by atoms with Crippen molar-refractivity contribution in [3.63, 3.8) is 0 Å². The van der Waals surface area contributed by atoms with Gasteiger partial charge in [-0.25, -0.2) is 9.97 Å². The molecule has 2 aromatic heterocycles. The van der Waals surface area contributed by atoms with Crippen molar-refractivity contribution >= 4 is 16.9 Å². The Labute approximate surface area is 145 Å². The first-order chi connectivity index (χ1) is 12.3. The minimum absolute atomic E-state index is 0.203. The van der Waals surface area contributed by atoms with Gasteiger partial charge in [0.05, 0.1) is 24.2 Å². The second-order valence-electron chi connectivity index (χ2n) is 6.14. The maximum atomic E-state index is 12.2. The Balaban J connectivity index is 1.40. The molecule has 1 aliphatic heterocycles. The smallest absolute Gasteiger partial charge is 0.222 e. The Morgan fingerprint density at radius 2 is 2.08 bits per heavy atom. The lowest BCUT2D eigenvalue weighted by atomic mass is 10.2. The van der Waals surface area contributed by atoms with E-state index in [-0.39, 0.29) is 5.91 Å². The molecule has 7 heteroatoms. The van der Waals surface area contributed by atoms with Crippen LogP contribution < -0.4 is 0 Å². The van der Waals surface area contributed by atoms with Crippen molar-refractivity contribution in [1.82, 2.24) is 24.4 Å². The van der Waals surface area contributed by atoms with Crippen molar-refractivity contribution in [2.75, 3.05) is 26.3 Å². The van der Waals surface area contributed by atoms with E-state index in [2.05, 4.69) is 15.0 Å². The molecule has 0 radical (unpaired) electrons. The molecule has 1 aromatic carbocycles. The van der Waals surface area contributed by atoms with Gasteiger partial charge in [-0.2, -0.15) is 0 Å². The Morgan fingerprint density at radius 3 is 2.92 bits per heavy atom. The molecule has 0 spiro atoms. The summed E-state index contributed by atoms with van der Waals surface area (Å²) in [6.45, 7) is 3.43. The third-order valence-corrected chi connectivity index (χ3v) is 4.47. The molecule has 0 saturated carbocycles. The van der Waals surface area contributed by atoms with Crippen LogP contribution in [0.1, 0.15) is 12.8 Å². The summed E-state index contributed by atoms with van der Waals surface area (Å²) >= 11 is 0. The number of hydrogen-bond acceptors (Lipinski definition) is 4. The highest BCUT2D eigenvalue weighted by Gasteiger charge is 2.17. The average molecular weight is 339 g/mol. The van der Waals surface area contributed by atoms with E-state index < -0.39 is 0 Å². The first-order valence-electron chi connectivity index (χ1n) is 8.63. The van der Waals surface area contributed by atoms with E-state index in [1.807, 2.05) is 39.9 Å². The maximum absolute atomic E-state index is 12.2. The molecular weight excluding hydrogens is 318 g/mol. The van der Waals surface area contributed by atoms with E-state index in [1.165, 1.54) is 0 Å². The zero-order chi connectivity index (χ0) is 17.1. The second kappa shape index (κ2) is 7.06. The van der Waals surface area contributed by atoms with Gasteiger partial charge in [-0.15, -0.1) is 0 Å². The number of aryl methyl sites for hydroxylation is 1. The molecule has 4 rings (SSSR count). The molecule has 25 heavy (non-hydrogen) atoms. The van der Waals surface area contributed by atoms with E-state index in [0.717, 1.165) is 35.6 Å². The fraction of sp³-hybridized carbons (Fsp3) is 0.389. The molecule has 1 fully saturated rings. The van der Waals surface area contributed by atoms with Crippen LogP contribution in [0.15, 0.2) is 36.7 Å². The molecule has 130 valence electrons. The number of imidazole rings is 2. The van der Waals surface area contributed by atoms with Crippen LogP contribution >= 0.6 is 0 Å². The Kier molecular flexibility index (Phi) is 4.47. The number of nitrogens with one attached hydrogen (secondary N) is 1. The summed E-state index contributed by atoms with van der Waals surface area (Å²) in [6.07, 6.45) is 5.02. The Bertz CT molecular complexity index is 830. The Hall–Kier alpha value is -2.67. The van der Waals surface area contributed by atoms with E-state index in [0.29, 0.717) is 32.7 Å². The zero-order valence-corrected chi connectivity index (χ0v) is 14.0. The van der Waals surface area contributed by atoms with Crippen LogP contribution in [0, 0.1) is 0 Å². The molecule has 0 atom stereocenters. The third-order valence-electron chi connectivity index (χ3n) is 4.47. The highest BCUT2D eigenvalue weighted by atomic mass is 16.5. The first kappa shape index (κ1) is 15.8. The number of para-hydroxylation sites is 2. The average Bonchev–Trinajstić information content (AvgIpc) is 3.28. The van der Waals surface area contributed by atoms with E-state index in [9.17, 15) is 4.79 Å². The van der Waals surface area contributed by atoms with Crippen LogP contribution in [0.25, 0.3) is 22.7 Å². The first-order valence-corrected chi connectivity index (χ1v) is 8.63. The number of amides is 1.